The highest BCUT2D eigenvalue weighted by atomic mass is 35.5. The predicted octanol–water partition coefficient (Wildman–Crippen LogP) is 1.38. The average Bonchev–Trinajstić information content (AvgIpc) is 2.35. The quantitative estimate of drug-likeness (QED) is 0.809. The van der Waals surface area contributed by atoms with E-state index in [0.717, 1.165) is 16.5 Å². The molecule has 0 saturated carbocycles. The van der Waals surface area contributed by atoms with Crippen LogP contribution in [0.25, 0.3) is 10.9 Å². The molecular formula is C12H11ClN2O2. The van der Waals surface area contributed by atoms with Gasteiger partial charge in [0.2, 0.25) is 11.5 Å². The van der Waals surface area contributed by atoms with E-state index in [-0.39, 0.29) is 17.3 Å². The van der Waals surface area contributed by atoms with Crippen molar-refractivity contribution in [2.45, 2.75) is 6.54 Å². The minimum atomic E-state index is -0.254. The van der Waals surface area contributed by atoms with Crippen LogP contribution in [0.4, 0.5) is 0 Å². The van der Waals surface area contributed by atoms with Gasteiger partial charge in [-0.25, -0.2) is 0 Å². The number of aromatic amines is 1. The summed E-state index contributed by atoms with van der Waals surface area (Å²) in [7, 11) is 0. The molecule has 1 heterocycles. The van der Waals surface area contributed by atoms with Crippen LogP contribution in [0.15, 0.2) is 35.1 Å². The molecule has 1 amide bonds. The van der Waals surface area contributed by atoms with Crippen molar-refractivity contribution in [3.05, 3.63) is 46.2 Å². The van der Waals surface area contributed by atoms with Crippen LogP contribution in [0, 0.1) is 0 Å². The van der Waals surface area contributed by atoms with Crippen LogP contribution in [0.3, 0.4) is 0 Å². The van der Waals surface area contributed by atoms with Crippen LogP contribution in [0.1, 0.15) is 5.56 Å². The van der Waals surface area contributed by atoms with E-state index in [1.807, 2.05) is 24.3 Å². The van der Waals surface area contributed by atoms with Crippen molar-refractivity contribution in [3.8, 4) is 0 Å². The van der Waals surface area contributed by atoms with Gasteiger partial charge in [0.25, 0.3) is 0 Å². The number of carbonyl (C=O) groups is 1. The van der Waals surface area contributed by atoms with Crippen molar-refractivity contribution >= 4 is 28.4 Å². The van der Waals surface area contributed by atoms with Crippen molar-refractivity contribution in [1.29, 1.82) is 0 Å². The topological polar surface area (TPSA) is 62.0 Å². The number of pyridine rings is 1. The Bertz CT molecular complexity index is 607. The summed E-state index contributed by atoms with van der Waals surface area (Å²) in [5, 5.41) is 3.56. The summed E-state index contributed by atoms with van der Waals surface area (Å²) in [6, 6.07) is 8.93. The number of hydrogen-bond acceptors (Lipinski definition) is 2. The number of benzene rings is 1. The first-order valence-corrected chi connectivity index (χ1v) is 5.68. The summed E-state index contributed by atoms with van der Waals surface area (Å²) >= 11 is 5.39. The summed E-state index contributed by atoms with van der Waals surface area (Å²) in [5.74, 6) is -0.336. The Morgan fingerprint density at radius 3 is 2.88 bits per heavy atom. The summed E-state index contributed by atoms with van der Waals surface area (Å²) in [4.78, 5) is 25.2. The summed E-state index contributed by atoms with van der Waals surface area (Å²) in [6.07, 6.45) is 0. The van der Waals surface area contributed by atoms with E-state index in [9.17, 15) is 9.59 Å². The molecule has 0 spiro atoms. The van der Waals surface area contributed by atoms with Crippen molar-refractivity contribution in [2.24, 2.45) is 0 Å². The zero-order chi connectivity index (χ0) is 12.3. The van der Waals surface area contributed by atoms with Gasteiger partial charge in [-0.2, -0.15) is 0 Å². The maximum Gasteiger partial charge on any atom is 0.248 e. The van der Waals surface area contributed by atoms with Crippen LogP contribution >= 0.6 is 11.6 Å². The number of alkyl halides is 1. The highest BCUT2D eigenvalue weighted by Gasteiger charge is 2.04. The molecule has 5 heteroatoms. The molecule has 1 aromatic heterocycles. The molecule has 0 saturated heterocycles. The fraction of sp³-hybridized carbons (Fsp3) is 0.167. The van der Waals surface area contributed by atoms with E-state index < -0.39 is 0 Å². The van der Waals surface area contributed by atoms with E-state index in [0.29, 0.717) is 6.54 Å². The lowest BCUT2D eigenvalue weighted by atomic mass is 10.1. The third-order valence-corrected chi connectivity index (χ3v) is 2.68. The minimum absolute atomic E-state index is 0.0822. The fourth-order valence-electron chi connectivity index (χ4n) is 1.66. The molecule has 4 nitrogen and oxygen atoms in total. The zero-order valence-electron chi connectivity index (χ0n) is 9.00. The van der Waals surface area contributed by atoms with Gasteiger partial charge in [0.05, 0.1) is 0 Å². The largest absolute Gasteiger partial charge is 0.351 e. The lowest BCUT2D eigenvalue weighted by Crippen LogP contribution is -2.24. The Hall–Kier alpha value is -1.81. The molecule has 2 aromatic rings. The highest BCUT2D eigenvalue weighted by molar-refractivity contribution is 6.27. The average molecular weight is 251 g/mol. The van der Waals surface area contributed by atoms with Crippen LogP contribution in [0.2, 0.25) is 0 Å². The number of H-pyrrole nitrogens is 1. The molecule has 2 N–H and O–H groups in total. The van der Waals surface area contributed by atoms with Gasteiger partial charge < -0.3 is 10.3 Å². The van der Waals surface area contributed by atoms with Gasteiger partial charge in [-0.3, -0.25) is 9.59 Å². The molecule has 17 heavy (non-hydrogen) atoms. The Morgan fingerprint density at radius 1 is 1.35 bits per heavy atom. The maximum absolute atomic E-state index is 11.4. The molecule has 0 radical (unpaired) electrons. The Balaban J connectivity index is 2.39. The number of halogens is 1. The Kier molecular flexibility index (Phi) is 3.44. The zero-order valence-corrected chi connectivity index (χ0v) is 9.75. The number of carbonyl (C=O) groups excluding carboxylic acids is 1. The number of aromatic nitrogens is 1. The molecule has 0 aliphatic heterocycles. The van der Waals surface area contributed by atoms with Gasteiger partial charge in [0.1, 0.15) is 5.88 Å². The van der Waals surface area contributed by atoms with Crippen LogP contribution in [-0.2, 0) is 11.3 Å². The summed E-state index contributed by atoms with van der Waals surface area (Å²) in [5.41, 5.74) is 1.36. The monoisotopic (exact) mass is 250 g/mol. The van der Waals surface area contributed by atoms with E-state index in [4.69, 9.17) is 11.6 Å². The molecule has 0 bridgehead atoms. The number of para-hydroxylation sites is 1. The summed E-state index contributed by atoms with van der Waals surface area (Å²) in [6.45, 7) is 0.302. The van der Waals surface area contributed by atoms with Gasteiger partial charge in [-0.1, -0.05) is 18.2 Å². The molecule has 0 unspecified atom stereocenters. The SMILES string of the molecule is O=C(CCl)NCc1cc(=O)[nH]c2ccccc12. The second-order valence-corrected chi connectivity index (χ2v) is 3.88. The lowest BCUT2D eigenvalue weighted by molar-refractivity contribution is -0.118. The smallest absolute Gasteiger partial charge is 0.248 e. The first-order valence-electron chi connectivity index (χ1n) is 5.14. The first-order chi connectivity index (χ1) is 8.20. The van der Waals surface area contributed by atoms with E-state index in [1.54, 1.807) is 0 Å². The van der Waals surface area contributed by atoms with Gasteiger partial charge in [0, 0.05) is 23.5 Å². The molecule has 1 aromatic carbocycles. The Labute approximate surface area is 103 Å². The number of hydrogen-bond donors (Lipinski definition) is 2. The first kappa shape index (κ1) is 11.7. The fourth-order valence-corrected chi connectivity index (χ4v) is 1.76. The van der Waals surface area contributed by atoms with E-state index in [1.165, 1.54) is 6.07 Å². The second-order valence-electron chi connectivity index (χ2n) is 3.61. The molecule has 0 atom stereocenters. The molecule has 0 aliphatic rings. The third-order valence-electron chi connectivity index (χ3n) is 2.43. The normalized spacial score (nSPS) is 10.4. The maximum atomic E-state index is 11.4. The molecule has 0 aliphatic carbocycles. The standard InChI is InChI=1S/C12H11ClN2O2/c13-6-12(17)14-7-8-5-11(16)15-10-4-2-1-3-9(8)10/h1-5H,6-7H2,(H,14,17)(H,15,16). The number of rotatable bonds is 3. The van der Waals surface area contributed by atoms with E-state index >= 15 is 0 Å². The van der Waals surface area contributed by atoms with Crippen molar-refractivity contribution in [2.75, 3.05) is 5.88 Å². The van der Waals surface area contributed by atoms with Gasteiger partial charge in [-0.05, 0) is 11.6 Å². The number of nitrogens with one attached hydrogen (secondary N) is 2. The van der Waals surface area contributed by atoms with Crippen LogP contribution < -0.4 is 10.9 Å². The van der Waals surface area contributed by atoms with Crippen molar-refractivity contribution < 1.29 is 4.79 Å². The predicted molar refractivity (Wildman–Crippen MR) is 67.1 cm³/mol. The van der Waals surface area contributed by atoms with Gasteiger partial charge in [0.15, 0.2) is 0 Å². The third kappa shape index (κ3) is 2.65. The van der Waals surface area contributed by atoms with Crippen LogP contribution in [-0.4, -0.2) is 16.8 Å². The highest BCUT2D eigenvalue weighted by Crippen LogP contribution is 2.13. The molecule has 2 rings (SSSR count). The van der Waals surface area contributed by atoms with Crippen molar-refractivity contribution in [1.82, 2.24) is 10.3 Å². The lowest BCUT2D eigenvalue weighted by Gasteiger charge is -2.06. The van der Waals surface area contributed by atoms with E-state index in [2.05, 4.69) is 10.3 Å². The van der Waals surface area contributed by atoms with Gasteiger partial charge >= 0.3 is 0 Å². The second kappa shape index (κ2) is 5.01. The van der Waals surface area contributed by atoms with Crippen LogP contribution in [0.5, 0.6) is 0 Å². The molecular weight excluding hydrogens is 240 g/mol. The number of amides is 1. The molecule has 88 valence electrons. The van der Waals surface area contributed by atoms with Crippen molar-refractivity contribution in [3.63, 3.8) is 0 Å². The number of fused-ring (bicyclic) bond motifs is 1. The summed E-state index contributed by atoms with van der Waals surface area (Å²) < 4.78 is 0. The Morgan fingerprint density at radius 2 is 2.12 bits per heavy atom. The minimum Gasteiger partial charge on any atom is -0.351 e. The van der Waals surface area contributed by atoms with Gasteiger partial charge in [-0.15, -0.1) is 11.6 Å². The molecule has 0 fully saturated rings.